The van der Waals surface area contributed by atoms with Gasteiger partial charge >= 0.3 is 5.97 Å². The fraction of sp³-hybridized carbons (Fsp3) is 0.926. The molecule has 0 N–H and O–H groups in total. The SMILES string of the molecule is CC(C)CCC[C@@H](C)[C@H]1CCC2[C@H](CC=O)C([C@@]3(C)CCCCC(=O)O3)CC[C@@]21C. The molecule has 3 fully saturated rings. The van der Waals surface area contributed by atoms with E-state index >= 15 is 0 Å². The van der Waals surface area contributed by atoms with E-state index in [1.165, 1.54) is 38.5 Å². The molecule has 0 aromatic heterocycles. The summed E-state index contributed by atoms with van der Waals surface area (Å²) in [5.41, 5.74) is -0.0456. The lowest BCUT2D eigenvalue weighted by atomic mass is 9.53. The van der Waals surface area contributed by atoms with Crippen LogP contribution in [0.2, 0.25) is 0 Å². The standard InChI is InChI=1S/C27H46O3/c1-19(2)9-8-10-20(3)22-12-13-23-21(15-18-28)24(14-17-26(22,23)4)27(5)16-7-6-11-25(29)30-27/h18-24H,6-17H2,1-5H3/t20-,21+,22-,23?,24?,26-,27-/m1/s1. The first kappa shape index (κ1) is 23.8. The number of hydrogen-bond donors (Lipinski definition) is 0. The van der Waals surface area contributed by atoms with Crippen LogP contribution in [0.25, 0.3) is 0 Å². The Morgan fingerprint density at radius 2 is 1.80 bits per heavy atom. The van der Waals surface area contributed by atoms with Gasteiger partial charge in [0.05, 0.1) is 0 Å². The summed E-state index contributed by atoms with van der Waals surface area (Å²) in [5, 5.41) is 0. The Bertz CT molecular complexity index is 599. The van der Waals surface area contributed by atoms with Crippen molar-refractivity contribution in [3.8, 4) is 0 Å². The summed E-state index contributed by atoms with van der Waals surface area (Å²) in [6.45, 7) is 11.8. The predicted octanol–water partition coefficient (Wildman–Crippen LogP) is 6.97. The molecule has 0 radical (unpaired) electrons. The molecule has 1 aliphatic heterocycles. The Morgan fingerprint density at radius 1 is 1.03 bits per heavy atom. The zero-order chi connectivity index (χ0) is 21.9. The van der Waals surface area contributed by atoms with Crippen LogP contribution >= 0.6 is 0 Å². The third-order valence-electron chi connectivity index (χ3n) is 9.44. The van der Waals surface area contributed by atoms with Crippen molar-refractivity contribution >= 4 is 12.3 Å². The number of esters is 1. The Hall–Kier alpha value is -0.860. The van der Waals surface area contributed by atoms with Gasteiger partial charge in [0.2, 0.25) is 0 Å². The molecule has 172 valence electrons. The summed E-state index contributed by atoms with van der Waals surface area (Å²) in [7, 11) is 0. The predicted molar refractivity (Wildman–Crippen MR) is 122 cm³/mol. The summed E-state index contributed by atoms with van der Waals surface area (Å²) in [4.78, 5) is 24.0. The number of ether oxygens (including phenoxy) is 1. The minimum Gasteiger partial charge on any atom is -0.459 e. The monoisotopic (exact) mass is 418 g/mol. The molecule has 30 heavy (non-hydrogen) atoms. The van der Waals surface area contributed by atoms with Crippen LogP contribution < -0.4 is 0 Å². The molecule has 2 saturated carbocycles. The zero-order valence-electron chi connectivity index (χ0n) is 20.3. The smallest absolute Gasteiger partial charge is 0.306 e. The van der Waals surface area contributed by atoms with Gasteiger partial charge in [-0.3, -0.25) is 4.79 Å². The second kappa shape index (κ2) is 9.74. The van der Waals surface area contributed by atoms with Crippen molar-refractivity contribution in [1.82, 2.24) is 0 Å². The first-order valence-corrected chi connectivity index (χ1v) is 12.9. The number of rotatable bonds is 8. The molecule has 0 aromatic rings. The van der Waals surface area contributed by atoms with Crippen molar-refractivity contribution in [3.63, 3.8) is 0 Å². The van der Waals surface area contributed by atoms with E-state index in [2.05, 4.69) is 34.6 Å². The molecule has 2 unspecified atom stereocenters. The summed E-state index contributed by atoms with van der Waals surface area (Å²) in [5.74, 6) is 3.59. The molecule has 0 spiro atoms. The van der Waals surface area contributed by atoms with Gasteiger partial charge < -0.3 is 9.53 Å². The molecule has 1 saturated heterocycles. The lowest BCUT2D eigenvalue weighted by Crippen LogP contribution is -2.51. The lowest BCUT2D eigenvalue weighted by molar-refractivity contribution is -0.172. The van der Waals surface area contributed by atoms with E-state index in [4.69, 9.17) is 4.74 Å². The Labute approximate surface area is 185 Å². The van der Waals surface area contributed by atoms with Crippen LogP contribution in [-0.2, 0) is 14.3 Å². The maximum Gasteiger partial charge on any atom is 0.306 e. The van der Waals surface area contributed by atoms with Crippen LogP contribution in [0, 0.1) is 40.9 Å². The van der Waals surface area contributed by atoms with Crippen molar-refractivity contribution in [2.75, 3.05) is 0 Å². The average Bonchev–Trinajstić information content (AvgIpc) is 2.92. The van der Waals surface area contributed by atoms with Crippen molar-refractivity contribution in [3.05, 3.63) is 0 Å². The second-order valence-corrected chi connectivity index (χ2v) is 11.8. The van der Waals surface area contributed by atoms with Gasteiger partial charge in [-0.2, -0.15) is 0 Å². The lowest BCUT2D eigenvalue weighted by Gasteiger charge is -2.53. The molecular formula is C27H46O3. The Balaban J connectivity index is 1.77. The highest BCUT2D eigenvalue weighted by molar-refractivity contribution is 5.70. The zero-order valence-corrected chi connectivity index (χ0v) is 20.3. The third-order valence-corrected chi connectivity index (χ3v) is 9.44. The van der Waals surface area contributed by atoms with Crippen molar-refractivity contribution in [2.24, 2.45) is 40.9 Å². The highest BCUT2D eigenvalue weighted by Gasteiger charge is 2.58. The average molecular weight is 419 g/mol. The molecule has 3 heteroatoms. The maximum atomic E-state index is 12.3. The van der Waals surface area contributed by atoms with Crippen molar-refractivity contribution in [2.45, 2.75) is 117 Å². The molecule has 0 aromatic carbocycles. The van der Waals surface area contributed by atoms with E-state index in [9.17, 15) is 9.59 Å². The van der Waals surface area contributed by atoms with Gasteiger partial charge in [-0.15, -0.1) is 0 Å². The van der Waals surface area contributed by atoms with Gasteiger partial charge in [-0.05, 0) is 86.9 Å². The molecule has 3 aliphatic rings. The van der Waals surface area contributed by atoms with Crippen molar-refractivity contribution < 1.29 is 14.3 Å². The van der Waals surface area contributed by atoms with Crippen LogP contribution in [0.3, 0.4) is 0 Å². The summed E-state index contributed by atoms with van der Waals surface area (Å²) in [6.07, 6.45) is 14.2. The number of hydrogen-bond acceptors (Lipinski definition) is 3. The summed E-state index contributed by atoms with van der Waals surface area (Å²) >= 11 is 0. The van der Waals surface area contributed by atoms with Crippen LogP contribution in [0.4, 0.5) is 0 Å². The molecule has 2 aliphatic carbocycles. The Kier molecular flexibility index (Phi) is 7.72. The van der Waals surface area contributed by atoms with Gasteiger partial charge in [-0.1, -0.05) is 47.0 Å². The third kappa shape index (κ3) is 4.80. The molecule has 0 amide bonds. The summed E-state index contributed by atoms with van der Waals surface area (Å²) in [6, 6.07) is 0. The number of fused-ring (bicyclic) bond motifs is 1. The topological polar surface area (TPSA) is 43.4 Å². The quantitative estimate of drug-likeness (QED) is 0.316. The number of cyclic esters (lactones) is 1. The molecule has 1 heterocycles. The van der Waals surface area contributed by atoms with E-state index in [1.54, 1.807) is 0 Å². The van der Waals surface area contributed by atoms with Crippen LogP contribution in [0.5, 0.6) is 0 Å². The van der Waals surface area contributed by atoms with Gasteiger partial charge in [0.15, 0.2) is 0 Å². The minimum absolute atomic E-state index is 0.0312. The fourth-order valence-electron chi connectivity index (χ4n) is 7.88. The minimum atomic E-state index is -0.385. The normalized spacial score (nSPS) is 40.5. The highest BCUT2D eigenvalue weighted by atomic mass is 16.6. The van der Waals surface area contributed by atoms with Gasteiger partial charge in [0, 0.05) is 18.8 Å². The van der Waals surface area contributed by atoms with E-state index < -0.39 is 0 Å². The molecule has 3 nitrogen and oxygen atoms in total. The van der Waals surface area contributed by atoms with E-state index in [0.717, 1.165) is 49.7 Å². The van der Waals surface area contributed by atoms with Gasteiger partial charge in [0.25, 0.3) is 0 Å². The molecule has 0 bridgehead atoms. The van der Waals surface area contributed by atoms with Crippen LogP contribution in [0.1, 0.15) is 112 Å². The first-order valence-electron chi connectivity index (χ1n) is 12.9. The van der Waals surface area contributed by atoms with Crippen LogP contribution in [0.15, 0.2) is 0 Å². The fourth-order valence-corrected chi connectivity index (χ4v) is 7.88. The largest absolute Gasteiger partial charge is 0.459 e. The van der Waals surface area contributed by atoms with Crippen molar-refractivity contribution in [1.29, 1.82) is 0 Å². The highest BCUT2D eigenvalue weighted by Crippen LogP contribution is 2.63. The van der Waals surface area contributed by atoms with E-state index in [-0.39, 0.29) is 11.6 Å². The first-order chi connectivity index (χ1) is 14.2. The maximum absolute atomic E-state index is 12.3. The number of carbonyl (C=O) groups is 2. The van der Waals surface area contributed by atoms with Gasteiger partial charge in [-0.25, -0.2) is 0 Å². The molecular weight excluding hydrogens is 372 g/mol. The van der Waals surface area contributed by atoms with E-state index in [1.807, 2.05) is 0 Å². The Morgan fingerprint density at radius 3 is 2.50 bits per heavy atom. The molecule has 7 atom stereocenters. The van der Waals surface area contributed by atoms with Gasteiger partial charge in [0.1, 0.15) is 11.9 Å². The summed E-state index contributed by atoms with van der Waals surface area (Å²) < 4.78 is 6.09. The molecule has 3 rings (SSSR count). The van der Waals surface area contributed by atoms with Crippen LogP contribution in [-0.4, -0.2) is 17.9 Å². The second-order valence-electron chi connectivity index (χ2n) is 11.8. The number of aldehydes is 1. The number of carbonyl (C=O) groups excluding carboxylic acids is 2. The van der Waals surface area contributed by atoms with E-state index in [0.29, 0.717) is 36.0 Å².